The van der Waals surface area contributed by atoms with E-state index in [1.165, 1.54) is 29.8 Å². The summed E-state index contributed by atoms with van der Waals surface area (Å²) < 4.78 is 13.3. The van der Waals surface area contributed by atoms with E-state index in [9.17, 15) is 14.0 Å². The first-order valence-corrected chi connectivity index (χ1v) is 12.2. The van der Waals surface area contributed by atoms with E-state index < -0.39 is 17.8 Å². The van der Waals surface area contributed by atoms with Gasteiger partial charge in [-0.3, -0.25) is 14.5 Å². The van der Waals surface area contributed by atoms with Gasteiger partial charge in [-0.15, -0.1) is 0 Å². The van der Waals surface area contributed by atoms with Crippen molar-refractivity contribution < 1.29 is 14.0 Å². The molecule has 4 aromatic rings. The van der Waals surface area contributed by atoms with Crippen LogP contribution in [0.25, 0.3) is 10.9 Å². The summed E-state index contributed by atoms with van der Waals surface area (Å²) in [6, 6.07) is 22.7. The molecule has 0 spiro atoms. The van der Waals surface area contributed by atoms with E-state index in [0.29, 0.717) is 12.0 Å². The molecule has 1 fully saturated rings. The van der Waals surface area contributed by atoms with Gasteiger partial charge >= 0.3 is 0 Å². The van der Waals surface area contributed by atoms with E-state index in [0.717, 1.165) is 42.5 Å². The van der Waals surface area contributed by atoms with Gasteiger partial charge in [-0.25, -0.2) is 4.39 Å². The summed E-state index contributed by atoms with van der Waals surface area (Å²) in [5, 5.41) is 7.05. The van der Waals surface area contributed by atoms with Crippen LogP contribution in [0, 0.1) is 5.82 Å². The normalized spacial score (nSPS) is 16.6. The van der Waals surface area contributed by atoms with Crippen molar-refractivity contribution in [1.82, 2.24) is 20.5 Å². The molecule has 1 aliphatic rings. The number of nitrogens with zero attached hydrogens (tertiary/aromatic N) is 1. The molecule has 5 rings (SSSR count). The average Bonchev–Trinajstić information content (AvgIpc) is 3.51. The van der Waals surface area contributed by atoms with Crippen molar-refractivity contribution in [3.05, 3.63) is 108 Å². The van der Waals surface area contributed by atoms with Crippen molar-refractivity contribution in [2.24, 2.45) is 0 Å². The Balaban J connectivity index is 1.29. The van der Waals surface area contributed by atoms with Crippen LogP contribution in [0.2, 0.25) is 0 Å². The lowest BCUT2D eigenvalue weighted by atomic mass is 10.0. The highest BCUT2D eigenvalue weighted by Gasteiger charge is 2.29. The number of para-hydroxylation sites is 1. The van der Waals surface area contributed by atoms with E-state index in [1.807, 2.05) is 48.7 Å². The SMILES string of the molecule is O=C(N[C@H](Cc1c[nH]c2ccccc12)C(=O)N[C@@H]1CCN(Cc2ccccc2)C1)c1ccc(F)cc1. The number of aromatic amines is 1. The van der Waals surface area contributed by atoms with Gasteiger partial charge in [-0.2, -0.15) is 0 Å². The van der Waals surface area contributed by atoms with Crippen LogP contribution in [0.15, 0.2) is 85.1 Å². The van der Waals surface area contributed by atoms with Crippen LogP contribution in [-0.4, -0.2) is 46.9 Å². The maximum atomic E-state index is 13.4. The lowest BCUT2D eigenvalue weighted by Gasteiger charge is -2.22. The molecule has 2 amide bonds. The monoisotopic (exact) mass is 484 g/mol. The molecule has 0 radical (unpaired) electrons. The van der Waals surface area contributed by atoms with Crippen LogP contribution in [-0.2, 0) is 17.8 Å². The number of amides is 2. The van der Waals surface area contributed by atoms with Gasteiger partial charge < -0.3 is 15.6 Å². The van der Waals surface area contributed by atoms with E-state index in [1.54, 1.807) is 0 Å². The van der Waals surface area contributed by atoms with Gasteiger partial charge in [-0.05, 0) is 47.9 Å². The third kappa shape index (κ3) is 5.63. The lowest BCUT2D eigenvalue weighted by molar-refractivity contribution is -0.123. The fraction of sp³-hybridized carbons (Fsp3) is 0.241. The number of nitrogens with one attached hydrogen (secondary N) is 3. The van der Waals surface area contributed by atoms with Gasteiger partial charge in [0.25, 0.3) is 5.91 Å². The Morgan fingerprint density at radius 2 is 1.75 bits per heavy atom. The van der Waals surface area contributed by atoms with Gasteiger partial charge in [0.2, 0.25) is 5.91 Å². The molecular weight excluding hydrogens is 455 g/mol. The highest BCUT2D eigenvalue weighted by molar-refractivity contribution is 5.98. The number of aromatic nitrogens is 1. The number of benzene rings is 3. The molecule has 0 bridgehead atoms. The Morgan fingerprint density at radius 3 is 2.56 bits per heavy atom. The van der Waals surface area contributed by atoms with Crippen molar-refractivity contribution in [1.29, 1.82) is 0 Å². The third-order valence-electron chi connectivity index (χ3n) is 6.69. The van der Waals surface area contributed by atoms with Gasteiger partial charge in [0.05, 0.1) is 0 Å². The van der Waals surface area contributed by atoms with Crippen LogP contribution in [0.3, 0.4) is 0 Å². The molecular formula is C29H29FN4O2. The van der Waals surface area contributed by atoms with Crippen molar-refractivity contribution >= 4 is 22.7 Å². The zero-order chi connectivity index (χ0) is 24.9. The summed E-state index contributed by atoms with van der Waals surface area (Å²) >= 11 is 0. The van der Waals surface area contributed by atoms with E-state index >= 15 is 0 Å². The minimum atomic E-state index is -0.773. The molecule has 3 N–H and O–H groups in total. The highest BCUT2D eigenvalue weighted by atomic mass is 19.1. The van der Waals surface area contributed by atoms with Gasteiger partial charge in [0.15, 0.2) is 0 Å². The van der Waals surface area contributed by atoms with Crippen LogP contribution >= 0.6 is 0 Å². The van der Waals surface area contributed by atoms with E-state index in [-0.39, 0.29) is 11.9 Å². The summed E-state index contributed by atoms with van der Waals surface area (Å²) in [7, 11) is 0. The molecule has 1 saturated heterocycles. The molecule has 1 aromatic heterocycles. The molecule has 0 unspecified atom stereocenters. The van der Waals surface area contributed by atoms with Crippen molar-refractivity contribution in [2.75, 3.05) is 13.1 Å². The molecule has 3 aromatic carbocycles. The fourth-order valence-corrected chi connectivity index (χ4v) is 4.81. The van der Waals surface area contributed by atoms with Gasteiger partial charge in [0, 0.05) is 54.8 Å². The van der Waals surface area contributed by atoms with Crippen LogP contribution in [0.5, 0.6) is 0 Å². The Bertz CT molecular complexity index is 1340. The Morgan fingerprint density at radius 1 is 1.00 bits per heavy atom. The molecule has 0 saturated carbocycles. The predicted molar refractivity (Wildman–Crippen MR) is 138 cm³/mol. The summed E-state index contributed by atoms with van der Waals surface area (Å²) in [4.78, 5) is 31.9. The second kappa shape index (κ2) is 10.7. The third-order valence-corrected chi connectivity index (χ3v) is 6.69. The predicted octanol–water partition coefficient (Wildman–Crippen LogP) is 4.04. The van der Waals surface area contributed by atoms with E-state index in [2.05, 4.69) is 32.7 Å². The quantitative estimate of drug-likeness (QED) is 0.353. The Kier molecular flexibility index (Phi) is 7.09. The van der Waals surface area contributed by atoms with E-state index in [4.69, 9.17) is 0 Å². The molecule has 184 valence electrons. The van der Waals surface area contributed by atoms with Crippen LogP contribution in [0.1, 0.15) is 27.9 Å². The first kappa shape index (κ1) is 23.8. The Labute approximate surface area is 209 Å². The van der Waals surface area contributed by atoms with Crippen LogP contribution < -0.4 is 10.6 Å². The molecule has 1 aliphatic heterocycles. The highest BCUT2D eigenvalue weighted by Crippen LogP contribution is 2.20. The number of likely N-dealkylation sites (tertiary alicyclic amines) is 1. The summed E-state index contributed by atoms with van der Waals surface area (Å²) in [5.74, 6) is -1.05. The first-order chi connectivity index (χ1) is 17.5. The minimum Gasteiger partial charge on any atom is -0.361 e. The topological polar surface area (TPSA) is 77.2 Å². The van der Waals surface area contributed by atoms with Crippen molar-refractivity contribution in [2.45, 2.75) is 31.5 Å². The zero-order valence-electron chi connectivity index (χ0n) is 19.9. The zero-order valence-corrected chi connectivity index (χ0v) is 19.9. The summed E-state index contributed by atoms with van der Waals surface area (Å²) in [5.41, 5.74) is 3.47. The smallest absolute Gasteiger partial charge is 0.251 e. The molecule has 2 atom stereocenters. The number of carbonyl (C=O) groups excluding carboxylic acids is 2. The molecule has 36 heavy (non-hydrogen) atoms. The number of H-pyrrole nitrogens is 1. The number of halogens is 1. The average molecular weight is 485 g/mol. The number of hydrogen-bond donors (Lipinski definition) is 3. The second-order valence-electron chi connectivity index (χ2n) is 9.31. The Hall–Kier alpha value is -3.97. The molecule has 2 heterocycles. The second-order valence-corrected chi connectivity index (χ2v) is 9.31. The fourth-order valence-electron chi connectivity index (χ4n) is 4.81. The number of hydrogen-bond acceptors (Lipinski definition) is 3. The maximum absolute atomic E-state index is 13.4. The minimum absolute atomic E-state index is 0.00871. The molecule has 0 aliphatic carbocycles. The first-order valence-electron chi connectivity index (χ1n) is 12.2. The van der Waals surface area contributed by atoms with Crippen molar-refractivity contribution in [3.63, 3.8) is 0 Å². The van der Waals surface area contributed by atoms with Gasteiger partial charge in [-0.1, -0.05) is 48.5 Å². The molecule has 7 heteroatoms. The summed E-state index contributed by atoms with van der Waals surface area (Å²) in [6.45, 7) is 2.49. The van der Waals surface area contributed by atoms with Crippen molar-refractivity contribution in [3.8, 4) is 0 Å². The number of carbonyl (C=O) groups is 2. The number of rotatable bonds is 8. The largest absolute Gasteiger partial charge is 0.361 e. The molecule has 6 nitrogen and oxygen atoms in total. The maximum Gasteiger partial charge on any atom is 0.251 e. The number of fused-ring (bicyclic) bond motifs is 1. The lowest BCUT2D eigenvalue weighted by Crippen LogP contribution is -2.51. The van der Waals surface area contributed by atoms with Gasteiger partial charge in [0.1, 0.15) is 11.9 Å². The summed E-state index contributed by atoms with van der Waals surface area (Å²) in [6.07, 6.45) is 3.07. The van der Waals surface area contributed by atoms with Crippen LogP contribution in [0.4, 0.5) is 4.39 Å². The standard InChI is InChI=1S/C29H29FN4O2/c30-23-12-10-21(11-13-23)28(35)33-27(16-22-17-31-26-9-5-4-8-25(22)26)29(36)32-24-14-15-34(19-24)18-20-6-2-1-3-7-20/h1-13,17,24,27,31H,14-16,18-19H2,(H,32,36)(H,33,35)/t24-,27-/m1/s1.